The summed E-state index contributed by atoms with van der Waals surface area (Å²) in [5.41, 5.74) is 1.89. The lowest BCUT2D eigenvalue weighted by Gasteiger charge is -2.32. The number of nitrogens with one attached hydrogen (secondary N) is 1. The highest BCUT2D eigenvalue weighted by atomic mass is 28.3. The second-order valence-electron chi connectivity index (χ2n) is 10.6. The van der Waals surface area contributed by atoms with E-state index < -0.39 is 32.5 Å². The number of amides is 1. The number of benzene rings is 2. The van der Waals surface area contributed by atoms with E-state index in [1.54, 1.807) is 0 Å². The highest BCUT2D eigenvalue weighted by Gasteiger charge is 2.52. The third-order valence-electron chi connectivity index (χ3n) is 6.33. The van der Waals surface area contributed by atoms with Crippen molar-refractivity contribution in [1.82, 2.24) is 5.32 Å². The fourth-order valence-electron chi connectivity index (χ4n) is 3.44. The fourth-order valence-corrected chi connectivity index (χ4v) is 4.61. The van der Waals surface area contributed by atoms with Gasteiger partial charge < -0.3 is 19.4 Å². The number of rotatable bonds is 7. The summed E-state index contributed by atoms with van der Waals surface area (Å²) < 4.78 is 17.9. The molecule has 0 radical (unpaired) electrons. The van der Waals surface area contributed by atoms with Gasteiger partial charge in [0.15, 0.2) is 0 Å². The van der Waals surface area contributed by atoms with Crippen LogP contribution in [0.3, 0.4) is 0 Å². The molecule has 7 heteroatoms. The Morgan fingerprint density at radius 3 is 2.09 bits per heavy atom. The summed E-state index contributed by atoms with van der Waals surface area (Å²) in [6.07, 6.45) is 1.56. The Hall–Kier alpha value is -2.35. The average Bonchev–Trinajstić information content (AvgIpc) is 2.97. The van der Waals surface area contributed by atoms with Crippen molar-refractivity contribution in [1.29, 1.82) is 0 Å². The molecule has 1 saturated heterocycles. The molecular formula is C26H36BNO4Si. The molecule has 0 bridgehead atoms. The first kappa shape index (κ1) is 25.3. The zero-order valence-electron chi connectivity index (χ0n) is 20.9. The lowest BCUT2D eigenvalue weighted by molar-refractivity contribution is 0.00578. The van der Waals surface area contributed by atoms with Gasteiger partial charge in [-0.3, -0.25) is 0 Å². The number of alkyl carbamates (subject to hydrolysis) is 1. The zero-order chi connectivity index (χ0) is 24.3. The predicted molar refractivity (Wildman–Crippen MR) is 138 cm³/mol. The van der Waals surface area contributed by atoms with Gasteiger partial charge in [-0.15, -0.1) is 0 Å². The Balaban J connectivity index is 1.74. The van der Waals surface area contributed by atoms with Crippen LogP contribution >= 0.6 is 0 Å². The fraction of sp³-hybridized carbons (Fsp3) is 0.423. The van der Waals surface area contributed by atoms with Gasteiger partial charge in [-0.1, -0.05) is 85.5 Å². The molecule has 3 rings (SSSR count). The van der Waals surface area contributed by atoms with Crippen LogP contribution in [0.25, 0.3) is 6.08 Å². The topological polar surface area (TPSA) is 56.8 Å². The number of carbonyl (C=O) groups excluding carboxylic acids is 1. The van der Waals surface area contributed by atoms with E-state index in [9.17, 15) is 4.79 Å². The monoisotopic (exact) mass is 465 g/mol. The summed E-state index contributed by atoms with van der Waals surface area (Å²) in [6.45, 7) is 15.6. The molecule has 2 aromatic rings. The van der Waals surface area contributed by atoms with Crippen LogP contribution in [0.1, 0.15) is 38.8 Å². The predicted octanol–water partition coefficient (Wildman–Crippen LogP) is 5.17. The van der Waals surface area contributed by atoms with Crippen LogP contribution in [0.4, 0.5) is 4.79 Å². The van der Waals surface area contributed by atoms with E-state index in [-0.39, 0.29) is 13.2 Å². The number of ether oxygens (including phenoxy) is 1. The van der Waals surface area contributed by atoms with E-state index in [1.807, 2.05) is 64.1 Å². The summed E-state index contributed by atoms with van der Waals surface area (Å²) >= 11 is 0. The quantitative estimate of drug-likeness (QED) is 0.573. The Morgan fingerprint density at radius 1 is 0.970 bits per heavy atom. The molecule has 1 heterocycles. The van der Waals surface area contributed by atoms with Crippen molar-refractivity contribution in [3.8, 4) is 0 Å². The van der Waals surface area contributed by atoms with E-state index in [4.69, 9.17) is 14.0 Å². The van der Waals surface area contributed by atoms with Crippen LogP contribution in [-0.4, -0.2) is 39.0 Å². The zero-order valence-corrected chi connectivity index (χ0v) is 21.9. The SMILES string of the molecule is CC1(C)OB(C(=Cc2ccc([Si](C)(C)C)cc2)CNC(=O)OCc2ccccc2)OC1(C)C. The molecule has 2 aromatic carbocycles. The highest BCUT2D eigenvalue weighted by Crippen LogP contribution is 2.38. The molecule has 0 aromatic heterocycles. The molecule has 1 aliphatic rings. The van der Waals surface area contributed by atoms with Gasteiger partial charge in [0.05, 0.1) is 19.3 Å². The van der Waals surface area contributed by atoms with Crippen LogP contribution in [0.2, 0.25) is 19.6 Å². The summed E-state index contributed by atoms with van der Waals surface area (Å²) in [7, 11) is -1.93. The molecule has 0 spiro atoms. The van der Waals surface area contributed by atoms with Crippen molar-refractivity contribution < 1.29 is 18.8 Å². The minimum absolute atomic E-state index is 0.223. The number of carbonyl (C=O) groups is 1. The lowest BCUT2D eigenvalue weighted by atomic mass is 9.77. The maximum Gasteiger partial charge on any atom is 0.492 e. The molecule has 176 valence electrons. The van der Waals surface area contributed by atoms with E-state index >= 15 is 0 Å². The van der Waals surface area contributed by atoms with Gasteiger partial charge in [-0.2, -0.15) is 0 Å². The summed E-state index contributed by atoms with van der Waals surface area (Å²) in [4.78, 5) is 12.4. The second-order valence-corrected chi connectivity index (χ2v) is 15.7. The molecule has 1 aliphatic heterocycles. The summed E-state index contributed by atoms with van der Waals surface area (Å²) in [6, 6.07) is 18.2. The average molecular weight is 465 g/mol. The van der Waals surface area contributed by atoms with Gasteiger partial charge >= 0.3 is 13.2 Å². The molecule has 0 atom stereocenters. The third kappa shape index (κ3) is 6.59. The normalized spacial score (nSPS) is 17.7. The lowest BCUT2D eigenvalue weighted by Crippen LogP contribution is -2.41. The van der Waals surface area contributed by atoms with Gasteiger partial charge in [0, 0.05) is 6.54 Å². The molecule has 0 unspecified atom stereocenters. The number of hydrogen-bond acceptors (Lipinski definition) is 4. The maximum absolute atomic E-state index is 12.4. The van der Waals surface area contributed by atoms with Gasteiger partial charge in [0.1, 0.15) is 6.61 Å². The van der Waals surface area contributed by atoms with Crippen molar-refractivity contribution in [2.24, 2.45) is 0 Å². The second kappa shape index (κ2) is 9.87. The molecule has 1 N–H and O–H groups in total. The Labute approximate surface area is 199 Å². The van der Waals surface area contributed by atoms with Gasteiger partial charge in [-0.25, -0.2) is 4.79 Å². The number of hydrogen-bond donors (Lipinski definition) is 1. The third-order valence-corrected chi connectivity index (χ3v) is 8.40. The summed E-state index contributed by atoms with van der Waals surface area (Å²) in [5.74, 6) is 0. The first-order valence-corrected chi connectivity index (χ1v) is 15.0. The van der Waals surface area contributed by atoms with Crippen molar-refractivity contribution >= 4 is 32.5 Å². The van der Waals surface area contributed by atoms with Crippen molar-refractivity contribution in [3.63, 3.8) is 0 Å². The molecule has 0 aliphatic carbocycles. The van der Waals surface area contributed by atoms with Crippen LogP contribution in [0, 0.1) is 0 Å². The van der Waals surface area contributed by atoms with Gasteiger partial charge in [-0.05, 0) is 44.3 Å². The minimum Gasteiger partial charge on any atom is -0.445 e. The standard InChI is InChI=1S/C26H36BNO4Si/c1-25(2)26(3,4)32-27(31-25)22(17-20-13-15-23(16-14-20)33(5,6)7)18-28-24(29)30-19-21-11-9-8-10-12-21/h8-17H,18-19H2,1-7H3,(H,28,29). The minimum atomic E-state index is -1.37. The smallest absolute Gasteiger partial charge is 0.445 e. The van der Waals surface area contributed by atoms with Gasteiger partial charge in [0.25, 0.3) is 0 Å². The highest BCUT2D eigenvalue weighted by molar-refractivity contribution is 6.88. The van der Waals surface area contributed by atoms with Crippen LogP contribution in [0.15, 0.2) is 60.1 Å². The Morgan fingerprint density at radius 2 is 1.55 bits per heavy atom. The van der Waals surface area contributed by atoms with Crippen LogP contribution < -0.4 is 10.5 Å². The van der Waals surface area contributed by atoms with E-state index in [2.05, 4.69) is 49.2 Å². The molecule has 0 saturated carbocycles. The van der Waals surface area contributed by atoms with E-state index in [0.29, 0.717) is 0 Å². The van der Waals surface area contributed by atoms with E-state index in [0.717, 1.165) is 16.6 Å². The molecule has 33 heavy (non-hydrogen) atoms. The maximum atomic E-state index is 12.4. The largest absolute Gasteiger partial charge is 0.492 e. The van der Waals surface area contributed by atoms with E-state index in [1.165, 1.54) is 5.19 Å². The van der Waals surface area contributed by atoms with Crippen molar-refractivity contribution in [2.45, 2.75) is 65.1 Å². The molecule has 1 amide bonds. The molecule has 5 nitrogen and oxygen atoms in total. The Bertz CT molecular complexity index is 966. The Kier molecular flexibility index (Phi) is 7.56. The first-order valence-electron chi connectivity index (χ1n) is 11.5. The first-order chi connectivity index (χ1) is 15.4. The van der Waals surface area contributed by atoms with Crippen LogP contribution in [0.5, 0.6) is 0 Å². The van der Waals surface area contributed by atoms with Crippen molar-refractivity contribution in [2.75, 3.05) is 6.54 Å². The molecule has 1 fully saturated rings. The van der Waals surface area contributed by atoms with Crippen molar-refractivity contribution in [3.05, 3.63) is 71.2 Å². The summed E-state index contributed by atoms with van der Waals surface area (Å²) in [5, 5.41) is 4.26. The van der Waals surface area contributed by atoms with Crippen LogP contribution in [-0.2, 0) is 20.7 Å². The molecular weight excluding hydrogens is 429 g/mol. The van der Waals surface area contributed by atoms with Gasteiger partial charge in [0.2, 0.25) is 0 Å².